The third-order valence-corrected chi connectivity index (χ3v) is 5.92. The van der Waals surface area contributed by atoms with Crippen LogP contribution in [0.5, 0.6) is 5.88 Å². The Kier molecular flexibility index (Phi) is 5.63. The van der Waals surface area contributed by atoms with Crippen LogP contribution in [0.4, 0.5) is 19.0 Å². The third kappa shape index (κ3) is 3.97. The maximum Gasteiger partial charge on any atom is 0.388 e. The molecule has 0 aliphatic carbocycles. The van der Waals surface area contributed by atoms with Gasteiger partial charge in [-0.05, 0) is 19.1 Å². The van der Waals surface area contributed by atoms with Gasteiger partial charge in [-0.3, -0.25) is 9.48 Å². The molecule has 5 rings (SSSR count). The molecule has 0 saturated carbocycles. The van der Waals surface area contributed by atoms with E-state index in [-0.39, 0.29) is 36.2 Å². The van der Waals surface area contributed by atoms with Crippen molar-refractivity contribution >= 4 is 33.5 Å². The van der Waals surface area contributed by atoms with E-state index in [0.717, 1.165) is 0 Å². The molecule has 1 aromatic carbocycles. The van der Waals surface area contributed by atoms with Crippen LogP contribution in [-0.4, -0.2) is 61.6 Å². The lowest BCUT2D eigenvalue weighted by Crippen LogP contribution is -2.49. The van der Waals surface area contributed by atoms with Crippen LogP contribution in [-0.2, 0) is 11.8 Å². The number of fused-ring (bicyclic) bond motifs is 3. The van der Waals surface area contributed by atoms with E-state index in [9.17, 15) is 13.6 Å². The molecule has 0 radical (unpaired) electrons. The van der Waals surface area contributed by atoms with Gasteiger partial charge in [-0.1, -0.05) is 0 Å². The van der Waals surface area contributed by atoms with E-state index in [1.165, 1.54) is 29.2 Å². The molecule has 0 unspecified atom stereocenters. The molecule has 0 spiro atoms. The highest BCUT2D eigenvalue weighted by molar-refractivity contribution is 6.10. The van der Waals surface area contributed by atoms with E-state index in [2.05, 4.69) is 25.0 Å². The predicted octanol–water partition coefficient (Wildman–Crippen LogP) is 2.84. The number of nitrogen functional groups attached to an aromatic ring is 1. The predicted molar refractivity (Wildman–Crippen MR) is 118 cm³/mol. The minimum atomic E-state index is -3.04. The standard InChI is InChI=1S/C22H20F3N7O3/c1-10-8-34-9-17(15-3-4-18(30-29-15)35-22(24)25)32(10)21(33)11-5-12-16(6-14(11)23)28-20(26)13-7-27-31(2)19(12)13/h3-7,10,17,22H,8-9H2,1-2H3,(H2,26,28)/t10-,17-/m1/s1. The molecule has 35 heavy (non-hydrogen) atoms. The lowest BCUT2D eigenvalue weighted by Gasteiger charge is -2.40. The van der Waals surface area contributed by atoms with Crippen LogP contribution in [0.1, 0.15) is 29.0 Å². The van der Waals surface area contributed by atoms with Crippen molar-refractivity contribution in [3.05, 3.63) is 47.5 Å². The number of ether oxygens (including phenoxy) is 2. The molecular formula is C22H20F3N7O3. The fraction of sp³-hybridized carbons (Fsp3) is 0.318. The molecule has 13 heteroatoms. The second kappa shape index (κ2) is 8.65. The summed E-state index contributed by atoms with van der Waals surface area (Å²) in [6.45, 7) is -0.995. The van der Waals surface area contributed by atoms with Crippen LogP contribution in [0.25, 0.3) is 21.8 Å². The highest BCUT2D eigenvalue weighted by atomic mass is 19.3. The van der Waals surface area contributed by atoms with E-state index in [1.54, 1.807) is 24.9 Å². The second-order valence-corrected chi connectivity index (χ2v) is 8.17. The smallest absolute Gasteiger partial charge is 0.388 e. The molecule has 182 valence electrons. The Balaban J connectivity index is 1.57. The Morgan fingerprint density at radius 3 is 2.74 bits per heavy atom. The molecule has 1 saturated heterocycles. The molecule has 1 aliphatic heterocycles. The van der Waals surface area contributed by atoms with Gasteiger partial charge in [-0.15, -0.1) is 10.2 Å². The topological polar surface area (TPSA) is 121 Å². The Hall–Kier alpha value is -4.00. The maximum atomic E-state index is 15.2. The van der Waals surface area contributed by atoms with Crippen molar-refractivity contribution in [1.82, 2.24) is 29.9 Å². The number of morpholine rings is 1. The summed E-state index contributed by atoms with van der Waals surface area (Å²) < 4.78 is 51.5. The average molecular weight is 487 g/mol. The number of anilines is 1. The molecule has 4 aromatic rings. The van der Waals surface area contributed by atoms with Crippen molar-refractivity contribution < 1.29 is 27.4 Å². The molecule has 10 nitrogen and oxygen atoms in total. The summed E-state index contributed by atoms with van der Waals surface area (Å²) in [5.41, 5.74) is 7.03. The van der Waals surface area contributed by atoms with Gasteiger partial charge in [0.1, 0.15) is 11.6 Å². The lowest BCUT2D eigenvalue weighted by atomic mass is 10.0. The van der Waals surface area contributed by atoms with Gasteiger partial charge in [0.05, 0.1) is 59.2 Å². The van der Waals surface area contributed by atoms with Crippen molar-refractivity contribution in [2.24, 2.45) is 7.05 Å². The number of carbonyl (C=O) groups is 1. The van der Waals surface area contributed by atoms with Gasteiger partial charge in [0.15, 0.2) is 0 Å². The number of carbonyl (C=O) groups excluding carboxylic acids is 1. The molecule has 2 N–H and O–H groups in total. The Morgan fingerprint density at radius 2 is 2.03 bits per heavy atom. The van der Waals surface area contributed by atoms with Crippen LogP contribution in [0.3, 0.4) is 0 Å². The molecule has 4 heterocycles. The monoisotopic (exact) mass is 487 g/mol. The normalized spacial score (nSPS) is 18.5. The number of rotatable bonds is 4. The molecule has 1 fully saturated rings. The number of pyridine rings is 1. The number of aromatic nitrogens is 5. The summed E-state index contributed by atoms with van der Waals surface area (Å²) in [5.74, 6) is -1.51. The minimum absolute atomic E-state index is 0.0685. The van der Waals surface area contributed by atoms with Crippen molar-refractivity contribution in [3.63, 3.8) is 0 Å². The molecule has 1 aliphatic rings. The molecule has 0 bridgehead atoms. The second-order valence-electron chi connectivity index (χ2n) is 8.17. The average Bonchev–Trinajstić information content (AvgIpc) is 3.21. The van der Waals surface area contributed by atoms with Gasteiger partial charge in [0, 0.05) is 24.6 Å². The van der Waals surface area contributed by atoms with Crippen LogP contribution in [0.2, 0.25) is 0 Å². The SMILES string of the molecule is C[C@@H]1COC[C@H](c2ccc(OC(F)F)nn2)N1C(=O)c1cc2c(cc1F)nc(N)c1cnn(C)c12. The van der Waals surface area contributed by atoms with Gasteiger partial charge >= 0.3 is 6.61 Å². The molecule has 1 amide bonds. The number of amides is 1. The van der Waals surface area contributed by atoms with Crippen LogP contribution >= 0.6 is 0 Å². The van der Waals surface area contributed by atoms with Crippen LogP contribution in [0.15, 0.2) is 30.5 Å². The van der Waals surface area contributed by atoms with E-state index in [1.807, 2.05) is 0 Å². The number of halogens is 3. The summed E-state index contributed by atoms with van der Waals surface area (Å²) in [6.07, 6.45) is 1.56. The van der Waals surface area contributed by atoms with E-state index in [4.69, 9.17) is 10.5 Å². The number of nitrogens with zero attached hydrogens (tertiary/aromatic N) is 6. The summed E-state index contributed by atoms with van der Waals surface area (Å²) >= 11 is 0. The lowest BCUT2D eigenvalue weighted by molar-refractivity contribution is -0.0538. The molecule has 3 aromatic heterocycles. The zero-order valence-electron chi connectivity index (χ0n) is 18.7. The zero-order valence-corrected chi connectivity index (χ0v) is 18.7. The number of aryl methyl sites for hydroxylation is 1. The van der Waals surface area contributed by atoms with Crippen LogP contribution in [0, 0.1) is 5.82 Å². The Labute approximate surface area is 196 Å². The number of alkyl halides is 2. The fourth-order valence-electron chi connectivity index (χ4n) is 4.33. The number of benzene rings is 1. The van der Waals surface area contributed by atoms with Gasteiger partial charge in [-0.25, -0.2) is 9.37 Å². The number of hydrogen-bond acceptors (Lipinski definition) is 8. The number of nitrogens with two attached hydrogens (primary N) is 1. The minimum Gasteiger partial charge on any atom is -0.415 e. The first-order chi connectivity index (χ1) is 16.7. The van der Waals surface area contributed by atoms with E-state index in [0.29, 0.717) is 21.8 Å². The quantitative estimate of drug-likeness (QED) is 0.467. The van der Waals surface area contributed by atoms with Crippen molar-refractivity contribution in [2.75, 3.05) is 18.9 Å². The Bertz CT molecular complexity index is 1430. The summed E-state index contributed by atoms with van der Waals surface area (Å²) in [7, 11) is 1.71. The van der Waals surface area contributed by atoms with Gasteiger partial charge in [0.25, 0.3) is 5.91 Å². The van der Waals surface area contributed by atoms with Crippen LogP contribution < -0.4 is 10.5 Å². The molecular weight excluding hydrogens is 467 g/mol. The highest BCUT2D eigenvalue weighted by Gasteiger charge is 2.36. The third-order valence-electron chi connectivity index (χ3n) is 5.92. The number of hydrogen-bond donors (Lipinski definition) is 1. The first-order valence-electron chi connectivity index (χ1n) is 10.6. The van der Waals surface area contributed by atoms with Gasteiger partial charge in [-0.2, -0.15) is 13.9 Å². The van der Waals surface area contributed by atoms with E-state index < -0.39 is 30.4 Å². The Morgan fingerprint density at radius 1 is 1.23 bits per heavy atom. The van der Waals surface area contributed by atoms with Crippen molar-refractivity contribution in [1.29, 1.82) is 0 Å². The van der Waals surface area contributed by atoms with E-state index >= 15 is 4.39 Å². The maximum absolute atomic E-state index is 15.2. The fourth-order valence-corrected chi connectivity index (χ4v) is 4.33. The first-order valence-corrected chi connectivity index (χ1v) is 10.6. The highest BCUT2D eigenvalue weighted by Crippen LogP contribution is 2.33. The largest absolute Gasteiger partial charge is 0.415 e. The summed E-state index contributed by atoms with van der Waals surface area (Å²) in [4.78, 5) is 19.4. The summed E-state index contributed by atoms with van der Waals surface area (Å²) in [5, 5.41) is 12.9. The summed E-state index contributed by atoms with van der Waals surface area (Å²) in [6, 6.07) is 4.09. The molecule has 2 atom stereocenters. The first kappa shape index (κ1) is 22.8. The zero-order chi connectivity index (χ0) is 24.9. The van der Waals surface area contributed by atoms with Crippen molar-refractivity contribution in [3.8, 4) is 5.88 Å². The van der Waals surface area contributed by atoms with Crippen molar-refractivity contribution in [2.45, 2.75) is 25.6 Å². The van der Waals surface area contributed by atoms with Gasteiger partial charge in [0.2, 0.25) is 5.88 Å². The van der Waals surface area contributed by atoms with Gasteiger partial charge < -0.3 is 20.1 Å².